The Bertz CT molecular complexity index is 956. The van der Waals surface area contributed by atoms with Gasteiger partial charge < -0.3 is 9.42 Å². The molecule has 2 atom stereocenters. The van der Waals surface area contributed by atoms with Crippen LogP contribution in [0, 0.1) is 0 Å². The van der Waals surface area contributed by atoms with Gasteiger partial charge in [-0.2, -0.15) is 0 Å². The van der Waals surface area contributed by atoms with E-state index < -0.39 is 0 Å². The van der Waals surface area contributed by atoms with Crippen LogP contribution in [0.3, 0.4) is 0 Å². The molecule has 1 aromatic carbocycles. The molecule has 1 N–H and O–H groups in total. The van der Waals surface area contributed by atoms with Crippen molar-refractivity contribution in [1.29, 1.82) is 0 Å². The van der Waals surface area contributed by atoms with Crippen molar-refractivity contribution in [1.82, 2.24) is 10.1 Å². The van der Waals surface area contributed by atoms with Crippen LogP contribution in [0.5, 0.6) is 0 Å². The lowest BCUT2D eigenvalue weighted by atomic mass is 10.2. The lowest BCUT2D eigenvalue weighted by molar-refractivity contribution is -0.932. The quantitative estimate of drug-likeness (QED) is 0.593. The molecule has 1 aliphatic rings. The molecule has 5 rings (SSSR count). The molecule has 4 heterocycles. The first-order valence-corrected chi connectivity index (χ1v) is 10.3. The van der Waals surface area contributed by atoms with Crippen molar-refractivity contribution in [2.24, 2.45) is 0 Å². The van der Waals surface area contributed by atoms with E-state index in [2.05, 4.69) is 46.9 Å². The molecule has 1 aliphatic heterocycles. The lowest BCUT2D eigenvalue weighted by Gasteiger charge is -2.18. The Morgan fingerprint density at radius 3 is 3.04 bits per heavy atom. The minimum absolute atomic E-state index is 0.472. The molecular formula is C19H18N3OS2+. The molecule has 4 nitrogen and oxygen atoms in total. The lowest BCUT2D eigenvalue weighted by Crippen LogP contribution is -3.09. The average molecular weight is 369 g/mol. The Kier molecular flexibility index (Phi) is 3.88. The van der Waals surface area contributed by atoms with Crippen LogP contribution in [0.25, 0.3) is 20.9 Å². The van der Waals surface area contributed by atoms with Crippen LogP contribution in [0.1, 0.15) is 29.6 Å². The maximum Gasteiger partial charge on any atom is 0.177 e. The zero-order chi connectivity index (χ0) is 16.6. The van der Waals surface area contributed by atoms with Gasteiger partial charge in [-0.3, -0.25) is 0 Å². The van der Waals surface area contributed by atoms with Gasteiger partial charge in [0, 0.05) is 18.9 Å². The van der Waals surface area contributed by atoms with Gasteiger partial charge in [0.15, 0.2) is 10.8 Å². The number of para-hydroxylation sites is 1. The summed E-state index contributed by atoms with van der Waals surface area (Å²) in [6, 6.07) is 15.1. The molecule has 3 aromatic heterocycles. The summed E-state index contributed by atoms with van der Waals surface area (Å²) in [5.74, 6) is 0.875. The number of quaternary nitrogens is 1. The summed E-state index contributed by atoms with van der Waals surface area (Å²) in [7, 11) is 0. The van der Waals surface area contributed by atoms with Crippen LogP contribution in [-0.2, 0) is 6.54 Å². The fourth-order valence-electron chi connectivity index (χ4n) is 3.62. The summed E-state index contributed by atoms with van der Waals surface area (Å²) < 4.78 is 6.82. The second-order valence-electron chi connectivity index (χ2n) is 6.46. The standard InChI is InChI=1S/C19H17N3OS2/c1-2-7-17-14(5-1)20-19(25-17)15-6-3-9-22(15)12-13-11-16(23-21-13)18-8-4-10-24-18/h1-2,4-5,7-8,10-11,15H,3,6,9,12H2/p+1/t15-/m1/s1. The highest BCUT2D eigenvalue weighted by Gasteiger charge is 2.33. The molecule has 1 saturated heterocycles. The van der Waals surface area contributed by atoms with Crippen LogP contribution in [0.2, 0.25) is 0 Å². The SMILES string of the molecule is c1csc(-c2cc(C[NH+]3CCC[C@@H]3c3nc4ccccc4s3)no2)c1. The number of hydrogen-bond acceptors (Lipinski definition) is 5. The number of nitrogens with zero attached hydrogens (tertiary/aromatic N) is 2. The first-order valence-electron chi connectivity index (χ1n) is 8.56. The summed E-state index contributed by atoms with van der Waals surface area (Å²) >= 11 is 3.52. The van der Waals surface area contributed by atoms with Gasteiger partial charge in [0.05, 0.1) is 21.6 Å². The summed E-state index contributed by atoms with van der Waals surface area (Å²) in [6.07, 6.45) is 2.44. The number of likely N-dealkylation sites (tertiary alicyclic amines) is 1. The molecule has 0 amide bonds. The largest absolute Gasteiger partial charge is 0.355 e. The van der Waals surface area contributed by atoms with Crippen LogP contribution < -0.4 is 4.90 Å². The predicted molar refractivity (Wildman–Crippen MR) is 101 cm³/mol. The summed E-state index contributed by atoms with van der Waals surface area (Å²) in [5, 5.41) is 7.62. The van der Waals surface area contributed by atoms with E-state index in [-0.39, 0.29) is 0 Å². The molecule has 0 saturated carbocycles. The molecular weight excluding hydrogens is 350 g/mol. The number of hydrogen-bond donors (Lipinski definition) is 1. The van der Waals surface area contributed by atoms with Crippen molar-refractivity contribution in [3.05, 3.63) is 58.5 Å². The van der Waals surface area contributed by atoms with E-state index >= 15 is 0 Å². The van der Waals surface area contributed by atoms with Gasteiger partial charge in [-0.05, 0) is 23.6 Å². The van der Waals surface area contributed by atoms with E-state index in [0.717, 1.165) is 28.4 Å². The molecule has 0 bridgehead atoms. The first-order chi connectivity index (χ1) is 12.4. The number of fused-ring (bicyclic) bond motifs is 1. The molecule has 25 heavy (non-hydrogen) atoms. The summed E-state index contributed by atoms with van der Waals surface area (Å²) in [5.41, 5.74) is 2.15. The second-order valence-corrected chi connectivity index (χ2v) is 8.47. The number of thiazole rings is 1. The third-order valence-corrected chi connectivity index (χ3v) is 6.86. The first kappa shape index (κ1) is 15.3. The fourth-order valence-corrected chi connectivity index (χ4v) is 5.46. The Hall–Kier alpha value is -2.02. The minimum atomic E-state index is 0.472. The number of nitrogens with one attached hydrogen (secondary N) is 1. The van der Waals surface area contributed by atoms with E-state index in [1.165, 1.54) is 29.1 Å². The molecule has 1 fully saturated rings. The van der Waals surface area contributed by atoms with Crippen molar-refractivity contribution in [2.75, 3.05) is 6.54 Å². The maximum absolute atomic E-state index is 5.54. The van der Waals surface area contributed by atoms with E-state index in [9.17, 15) is 0 Å². The Labute approximate surface area is 153 Å². The highest BCUT2D eigenvalue weighted by atomic mass is 32.1. The van der Waals surface area contributed by atoms with Gasteiger partial charge in [-0.15, -0.1) is 22.7 Å². The van der Waals surface area contributed by atoms with Gasteiger partial charge >= 0.3 is 0 Å². The normalized spacial score (nSPS) is 20.5. The zero-order valence-corrected chi connectivity index (χ0v) is 15.3. The Morgan fingerprint density at radius 2 is 2.16 bits per heavy atom. The minimum Gasteiger partial charge on any atom is -0.355 e. The molecule has 4 aromatic rings. The van der Waals surface area contributed by atoms with Gasteiger partial charge in [-0.25, -0.2) is 4.98 Å². The third kappa shape index (κ3) is 2.90. The van der Waals surface area contributed by atoms with E-state index in [0.29, 0.717) is 6.04 Å². The van der Waals surface area contributed by atoms with Crippen molar-refractivity contribution >= 4 is 32.9 Å². The van der Waals surface area contributed by atoms with Gasteiger partial charge in [0.25, 0.3) is 0 Å². The highest BCUT2D eigenvalue weighted by Crippen LogP contribution is 2.29. The second kappa shape index (κ2) is 6.37. The van der Waals surface area contributed by atoms with Crippen molar-refractivity contribution < 1.29 is 9.42 Å². The van der Waals surface area contributed by atoms with Crippen LogP contribution in [-0.4, -0.2) is 16.7 Å². The topological polar surface area (TPSA) is 43.4 Å². The van der Waals surface area contributed by atoms with Gasteiger partial charge in [0.2, 0.25) is 0 Å². The van der Waals surface area contributed by atoms with E-state index in [1.54, 1.807) is 16.2 Å². The maximum atomic E-state index is 5.54. The molecule has 0 radical (unpaired) electrons. The van der Waals surface area contributed by atoms with Crippen LogP contribution in [0.4, 0.5) is 0 Å². The molecule has 0 spiro atoms. The van der Waals surface area contributed by atoms with E-state index in [1.807, 2.05) is 17.4 Å². The van der Waals surface area contributed by atoms with Gasteiger partial charge in [0.1, 0.15) is 18.3 Å². The van der Waals surface area contributed by atoms with Gasteiger partial charge in [-0.1, -0.05) is 23.4 Å². The van der Waals surface area contributed by atoms with Crippen molar-refractivity contribution in [2.45, 2.75) is 25.4 Å². The van der Waals surface area contributed by atoms with Crippen LogP contribution >= 0.6 is 22.7 Å². The van der Waals surface area contributed by atoms with Crippen molar-refractivity contribution in [3.8, 4) is 10.6 Å². The Morgan fingerprint density at radius 1 is 1.20 bits per heavy atom. The third-order valence-electron chi connectivity index (χ3n) is 4.82. The number of aromatic nitrogens is 2. The summed E-state index contributed by atoms with van der Waals surface area (Å²) in [6.45, 7) is 2.07. The predicted octanol–water partition coefficient (Wildman–Crippen LogP) is 3.93. The van der Waals surface area contributed by atoms with E-state index in [4.69, 9.17) is 9.51 Å². The fraction of sp³-hybridized carbons (Fsp3) is 0.263. The number of thiophene rings is 1. The van der Waals surface area contributed by atoms with Crippen molar-refractivity contribution in [3.63, 3.8) is 0 Å². The van der Waals surface area contributed by atoms with Crippen LogP contribution in [0.15, 0.2) is 52.4 Å². The Balaban J connectivity index is 1.38. The highest BCUT2D eigenvalue weighted by molar-refractivity contribution is 7.18. The number of rotatable bonds is 4. The average Bonchev–Trinajstić information content (AvgIpc) is 3.41. The zero-order valence-electron chi connectivity index (χ0n) is 13.6. The number of benzene rings is 1. The molecule has 0 aliphatic carbocycles. The molecule has 1 unspecified atom stereocenters. The summed E-state index contributed by atoms with van der Waals surface area (Å²) in [4.78, 5) is 7.57. The smallest absolute Gasteiger partial charge is 0.177 e. The molecule has 6 heteroatoms. The molecule has 126 valence electrons. The monoisotopic (exact) mass is 368 g/mol.